The molecule has 0 amide bonds. The zero-order valence-electron chi connectivity index (χ0n) is 20.9. The molecule has 0 aromatic carbocycles. The smallest absolute Gasteiger partial charge is 0.297 e. The molecule has 6 aliphatic rings. The first-order chi connectivity index (χ1) is 18.8. The Kier molecular flexibility index (Phi) is 5.59. The molecule has 0 aromatic heterocycles. The predicted molar refractivity (Wildman–Crippen MR) is 137 cm³/mol. The Morgan fingerprint density at radius 1 is 0.575 bits per heavy atom. The molecule has 16 heteroatoms. The van der Waals surface area contributed by atoms with E-state index < -0.39 is 83.9 Å². The molecule has 2 aliphatic carbocycles. The fourth-order valence-corrected chi connectivity index (χ4v) is 10.0. The van der Waals surface area contributed by atoms with Crippen molar-refractivity contribution < 1.29 is 36.5 Å². The van der Waals surface area contributed by atoms with Crippen molar-refractivity contribution in [2.24, 2.45) is 0 Å². The van der Waals surface area contributed by atoms with E-state index in [2.05, 4.69) is 0 Å². The van der Waals surface area contributed by atoms with Gasteiger partial charge in [-0.2, -0.15) is 9.35 Å². The number of ether oxygens (including phenoxy) is 2. The minimum atomic E-state index is -4.35. The lowest BCUT2D eigenvalue weighted by Crippen LogP contribution is -2.43. The van der Waals surface area contributed by atoms with E-state index in [1.807, 2.05) is 0 Å². The molecule has 2 fully saturated rings. The van der Waals surface area contributed by atoms with Crippen molar-refractivity contribution in [1.29, 1.82) is 0 Å². The van der Waals surface area contributed by atoms with E-state index in [1.54, 1.807) is 0 Å². The summed E-state index contributed by atoms with van der Waals surface area (Å²) in [5, 5.41) is 18.8. The predicted octanol–water partition coefficient (Wildman–Crippen LogP) is -1.42. The number of aromatic nitrogens is 2. The Morgan fingerprint density at radius 3 is 1.18 bits per heavy atom. The molecule has 2 saturated carbocycles. The summed E-state index contributed by atoms with van der Waals surface area (Å²) in [6.07, 6.45) is 5.12. The molecular weight excluding hydrogens is 572 g/mol. The van der Waals surface area contributed by atoms with Crippen LogP contribution in [-0.4, -0.2) is 46.3 Å². The highest BCUT2D eigenvalue weighted by Gasteiger charge is 2.56. The standard InChI is InChI=1S/C24H24N2O12S2/c27-17-13(11-15-21(31)37-23(39(15,33)34)7-3-1-4-8-23)18(28)26-20(30)14(19(29)25(17)26)12-16-22(32)38-24(40(16,35)36)9-5-2-6-10-24/h11-12,31-32H,1-10H2. The van der Waals surface area contributed by atoms with Crippen LogP contribution in [0.4, 0.5) is 0 Å². The Balaban J connectivity index is 1.51. The number of nitrogens with zero attached hydrogens (tertiary/aromatic N) is 2. The van der Waals surface area contributed by atoms with Gasteiger partial charge in [-0.25, -0.2) is 16.8 Å². The highest BCUT2D eigenvalue weighted by Crippen LogP contribution is 2.47. The fourth-order valence-electron chi connectivity index (χ4n) is 6.09. The van der Waals surface area contributed by atoms with Gasteiger partial charge in [0.15, 0.2) is 9.81 Å². The first-order valence-corrected chi connectivity index (χ1v) is 15.7. The number of fused-ring (bicyclic) bond motifs is 1. The number of aliphatic hydroxyl groups is 2. The Hall–Kier alpha value is -3.66. The van der Waals surface area contributed by atoms with E-state index >= 15 is 0 Å². The van der Waals surface area contributed by atoms with Gasteiger partial charge in [-0.3, -0.25) is 19.2 Å². The summed E-state index contributed by atoms with van der Waals surface area (Å²) >= 11 is 0. The minimum absolute atomic E-state index is 0.0912. The van der Waals surface area contributed by atoms with Crippen molar-refractivity contribution in [3.05, 3.63) is 73.6 Å². The van der Waals surface area contributed by atoms with Crippen LogP contribution in [0.15, 0.2) is 40.9 Å². The molecule has 2 spiro atoms. The molecule has 40 heavy (non-hydrogen) atoms. The molecule has 0 aromatic rings. The van der Waals surface area contributed by atoms with Gasteiger partial charge in [-0.15, -0.1) is 0 Å². The maximum Gasteiger partial charge on any atom is 0.297 e. The van der Waals surface area contributed by atoms with Crippen LogP contribution in [0.1, 0.15) is 64.2 Å². The summed E-state index contributed by atoms with van der Waals surface area (Å²) in [4.78, 5) is 47.3. The molecule has 2 N–H and O–H groups in total. The van der Waals surface area contributed by atoms with Crippen LogP contribution in [0.25, 0.3) is 12.2 Å². The third-order valence-electron chi connectivity index (χ3n) is 8.22. The van der Waals surface area contributed by atoms with Crippen LogP contribution in [-0.2, 0) is 29.1 Å². The lowest BCUT2D eigenvalue weighted by Gasteiger charge is -2.31. The number of rotatable bonds is 2. The van der Waals surface area contributed by atoms with Gasteiger partial charge in [0.25, 0.3) is 34.1 Å². The van der Waals surface area contributed by atoms with Crippen LogP contribution in [0.5, 0.6) is 0 Å². The second-order valence-corrected chi connectivity index (χ2v) is 14.8. The number of hydrogen-bond acceptors (Lipinski definition) is 12. The van der Waals surface area contributed by atoms with E-state index in [0.29, 0.717) is 37.8 Å². The van der Waals surface area contributed by atoms with Crippen LogP contribution < -0.4 is 32.7 Å². The summed E-state index contributed by atoms with van der Waals surface area (Å²) in [6, 6.07) is 0. The molecule has 0 saturated heterocycles. The topological polar surface area (TPSA) is 205 Å². The number of sulfone groups is 2. The van der Waals surface area contributed by atoms with E-state index in [4.69, 9.17) is 9.47 Å². The van der Waals surface area contributed by atoms with Gasteiger partial charge in [0, 0.05) is 25.7 Å². The lowest BCUT2D eigenvalue weighted by molar-refractivity contribution is -0.00819. The molecule has 0 unspecified atom stereocenters. The molecule has 14 nitrogen and oxygen atoms in total. The zero-order valence-corrected chi connectivity index (χ0v) is 22.5. The van der Waals surface area contributed by atoms with Crippen molar-refractivity contribution in [3.63, 3.8) is 0 Å². The number of allylic oxidation sites excluding steroid dienone is 2. The van der Waals surface area contributed by atoms with E-state index in [-0.39, 0.29) is 35.0 Å². The van der Waals surface area contributed by atoms with E-state index in [1.165, 1.54) is 0 Å². The first-order valence-electron chi connectivity index (χ1n) is 12.7. The number of hydrogen-bond donors (Lipinski definition) is 2. The molecule has 0 radical (unpaired) electrons. The zero-order chi connectivity index (χ0) is 28.8. The summed E-state index contributed by atoms with van der Waals surface area (Å²) in [6.45, 7) is 0. The largest absolute Gasteiger partial charge is 0.480 e. The van der Waals surface area contributed by atoms with Crippen LogP contribution >= 0.6 is 0 Å². The molecule has 6 rings (SSSR count). The average molecular weight is 597 g/mol. The molecule has 214 valence electrons. The highest BCUT2D eigenvalue weighted by molar-refractivity contribution is 7.97. The second kappa shape index (κ2) is 8.42. The van der Waals surface area contributed by atoms with Gasteiger partial charge < -0.3 is 19.7 Å². The third-order valence-corrected chi connectivity index (χ3v) is 12.9. The summed E-state index contributed by atoms with van der Waals surface area (Å²) in [5.41, 5.74) is -5.45. The first kappa shape index (κ1) is 26.6. The second-order valence-electron chi connectivity index (χ2n) is 10.5. The van der Waals surface area contributed by atoms with E-state index in [0.717, 1.165) is 12.8 Å². The van der Waals surface area contributed by atoms with E-state index in [9.17, 15) is 46.2 Å². The molecule has 4 aliphatic heterocycles. The van der Waals surface area contributed by atoms with Gasteiger partial charge in [0.2, 0.25) is 29.5 Å². The maximum absolute atomic E-state index is 13.2. The van der Waals surface area contributed by atoms with Gasteiger partial charge in [-0.1, -0.05) is 12.8 Å². The maximum atomic E-state index is 13.2. The fraction of sp³-hybridized carbons (Fsp3) is 0.500. The van der Waals surface area contributed by atoms with Crippen molar-refractivity contribution in [1.82, 2.24) is 9.35 Å². The molecular formula is C24H24N2O12S2. The average Bonchev–Trinajstić information content (AvgIpc) is 3.43. The van der Waals surface area contributed by atoms with Crippen molar-refractivity contribution in [3.8, 4) is 0 Å². The van der Waals surface area contributed by atoms with Crippen LogP contribution in [0, 0.1) is 0 Å². The monoisotopic (exact) mass is 596 g/mol. The highest BCUT2D eigenvalue weighted by atomic mass is 32.2. The van der Waals surface area contributed by atoms with Gasteiger partial charge in [0.05, 0.1) is 0 Å². The van der Waals surface area contributed by atoms with Crippen LogP contribution in [0.2, 0.25) is 0 Å². The molecule has 4 heterocycles. The van der Waals surface area contributed by atoms with Crippen molar-refractivity contribution in [2.75, 3.05) is 0 Å². The van der Waals surface area contributed by atoms with Gasteiger partial charge >= 0.3 is 0 Å². The van der Waals surface area contributed by atoms with Gasteiger partial charge in [-0.05, 0) is 37.8 Å². The number of aliphatic hydroxyl groups excluding tert-OH is 2. The Bertz CT molecular complexity index is 1830. The van der Waals surface area contributed by atoms with Crippen molar-refractivity contribution >= 4 is 31.8 Å². The summed E-state index contributed by atoms with van der Waals surface area (Å²) in [5.74, 6) is -2.00. The normalized spacial score (nSPS) is 24.5. The summed E-state index contributed by atoms with van der Waals surface area (Å²) < 4.78 is 63.9. The minimum Gasteiger partial charge on any atom is -0.480 e. The molecule has 0 atom stereocenters. The SMILES string of the molecule is O=c1c(=CC2=C(O)OC3(CCCCC3)S2(=O)=O)c(=O)n2c(=O)c(=CC3=C(O)OC4(CCCCC4)S3(=O)=O)c(=O)n1-2. The molecule has 0 bridgehead atoms. The quantitative estimate of drug-likeness (QED) is 0.410. The van der Waals surface area contributed by atoms with Crippen molar-refractivity contribution in [2.45, 2.75) is 74.1 Å². The third kappa shape index (κ3) is 3.25. The van der Waals surface area contributed by atoms with Gasteiger partial charge in [0.1, 0.15) is 10.4 Å². The van der Waals surface area contributed by atoms with Crippen LogP contribution in [0.3, 0.4) is 0 Å². The summed E-state index contributed by atoms with van der Waals surface area (Å²) in [7, 11) is -8.70. The Labute approximate surface area is 225 Å². The lowest BCUT2D eigenvalue weighted by atomic mass is 9.97. The Morgan fingerprint density at radius 2 is 0.875 bits per heavy atom.